The minimum Gasteiger partial charge on any atom is -0.489 e. The lowest BCUT2D eigenvalue weighted by Gasteiger charge is -2.44. The van der Waals surface area contributed by atoms with E-state index in [1.54, 1.807) is 24.4 Å². The van der Waals surface area contributed by atoms with Crippen molar-refractivity contribution in [3.05, 3.63) is 75.2 Å². The number of ether oxygens (including phenoxy) is 1. The molecule has 1 aliphatic carbocycles. The fourth-order valence-corrected chi connectivity index (χ4v) is 5.01. The summed E-state index contributed by atoms with van der Waals surface area (Å²) in [5, 5.41) is 1.62. The molecule has 1 saturated carbocycles. The molecular formula is C24H25ClF2N2O2. The number of aromatic nitrogens is 1. The smallest absolute Gasteiger partial charge is 0.255 e. The largest absolute Gasteiger partial charge is 0.489 e. The van der Waals surface area contributed by atoms with Gasteiger partial charge in [-0.2, -0.15) is 0 Å². The number of aromatic amines is 1. The summed E-state index contributed by atoms with van der Waals surface area (Å²) in [6, 6.07) is 8.68. The summed E-state index contributed by atoms with van der Waals surface area (Å²) in [5.41, 5.74) is 6.17. The molecule has 4 nitrogen and oxygen atoms in total. The van der Waals surface area contributed by atoms with Crippen molar-refractivity contribution in [1.82, 2.24) is 4.98 Å². The third-order valence-corrected chi connectivity index (χ3v) is 6.86. The second kappa shape index (κ2) is 8.60. The van der Waals surface area contributed by atoms with E-state index in [0.717, 1.165) is 11.5 Å². The predicted octanol–water partition coefficient (Wildman–Crippen LogP) is 5.46. The molecule has 1 atom stereocenters. The molecule has 0 unspecified atom stereocenters. The average molecular weight is 447 g/mol. The number of halogens is 3. The molecule has 1 fully saturated rings. The Morgan fingerprint density at radius 2 is 1.97 bits per heavy atom. The molecule has 3 N–H and O–H groups in total. The van der Waals surface area contributed by atoms with Crippen molar-refractivity contribution in [2.75, 3.05) is 0 Å². The molecule has 2 aromatic carbocycles. The Morgan fingerprint density at radius 1 is 1.23 bits per heavy atom. The van der Waals surface area contributed by atoms with Crippen LogP contribution in [0, 0.1) is 11.6 Å². The Labute approximate surface area is 184 Å². The molecule has 164 valence electrons. The molecule has 0 radical (unpaired) electrons. The van der Waals surface area contributed by atoms with Crippen molar-refractivity contribution in [3.63, 3.8) is 0 Å². The monoisotopic (exact) mass is 446 g/mol. The van der Waals surface area contributed by atoms with Crippen LogP contribution in [-0.4, -0.2) is 17.1 Å². The van der Waals surface area contributed by atoms with E-state index >= 15 is 0 Å². The van der Waals surface area contributed by atoms with Crippen LogP contribution in [0.2, 0.25) is 5.02 Å². The third kappa shape index (κ3) is 4.06. The van der Waals surface area contributed by atoms with Gasteiger partial charge in [0.25, 0.3) is 5.56 Å². The quantitative estimate of drug-likeness (QED) is 0.547. The summed E-state index contributed by atoms with van der Waals surface area (Å²) >= 11 is 6.37. The lowest BCUT2D eigenvalue weighted by atomic mass is 9.63. The highest BCUT2D eigenvalue weighted by molar-refractivity contribution is 6.32. The van der Waals surface area contributed by atoms with Crippen LogP contribution in [0.1, 0.15) is 44.6 Å². The van der Waals surface area contributed by atoms with Gasteiger partial charge in [-0.3, -0.25) is 4.79 Å². The predicted molar refractivity (Wildman–Crippen MR) is 119 cm³/mol. The van der Waals surface area contributed by atoms with Crippen molar-refractivity contribution in [2.24, 2.45) is 5.73 Å². The number of nitrogens with two attached hydrogens (primary N) is 1. The first-order chi connectivity index (χ1) is 14.8. The highest BCUT2D eigenvalue weighted by Crippen LogP contribution is 2.45. The highest BCUT2D eigenvalue weighted by atomic mass is 35.5. The van der Waals surface area contributed by atoms with E-state index in [1.165, 1.54) is 12.1 Å². The van der Waals surface area contributed by atoms with E-state index in [9.17, 15) is 13.6 Å². The number of nitrogens with one attached hydrogen (secondary N) is 1. The van der Waals surface area contributed by atoms with Crippen LogP contribution in [-0.2, 0) is 5.41 Å². The van der Waals surface area contributed by atoms with Crippen LogP contribution in [0.3, 0.4) is 0 Å². The summed E-state index contributed by atoms with van der Waals surface area (Å²) in [4.78, 5) is 14.6. The fraction of sp³-hybridized carbons (Fsp3) is 0.375. The maximum absolute atomic E-state index is 14.7. The van der Waals surface area contributed by atoms with E-state index in [2.05, 4.69) is 4.98 Å². The minimum atomic E-state index is -0.594. The SMILES string of the molecule is CC[C@H](N)[C@]1(c2ccc(F)cc2F)CC[C@@H](Oc2cc3cc[nH]c(=O)c3cc2Cl)CC1. The van der Waals surface area contributed by atoms with Crippen LogP contribution < -0.4 is 16.0 Å². The maximum atomic E-state index is 14.7. The summed E-state index contributed by atoms with van der Waals surface area (Å²) in [7, 11) is 0. The average Bonchev–Trinajstić information content (AvgIpc) is 2.75. The molecule has 0 spiro atoms. The fourth-order valence-electron chi connectivity index (χ4n) is 4.81. The van der Waals surface area contributed by atoms with Gasteiger partial charge in [-0.05, 0) is 67.3 Å². The Bertz CT molecular complexity index is 1160. The molecular weight excluding hydrogens is 422 g/mol. The van der Waals surface area contributed by atoms with Crippen LogP contribution in [0.5, 0.6) is 5.75 Å². The van der Waals surface area contributed by atoms with Gasteiger partial charge < -0.3 is 15.5 Å². The van der Waals surface area contributed by atoms with Gasteiger partial charge in [0, 0.05) is 29.1 Å². The molecule has 1 aromatic heterocycles. The van der Waals surface area contributed by atoms with Crippen molar-refractivity contribution in [3.8, 4) is 5.75 Å². The van der Waals surface area contributed by atoms with Crippen LogP contribution in [0.25, 0.3) is 10.8 Å². The van der Waals surface area contributed by atoms with Crippen LogP contribution in [0.4, 0.5) is 8.78 Å². The topological polar surface area (TPSA) is 68.1 Å². The molecule has 31 heavy (non-hydrogen) atoms. The number of hydrogen-bond donors (Lipinski definition) is 2. The number of hydrogen-bond acceptors (Lipinski definition) is 3. The zero-order valence-electron chi connectivity index (χ0n) is 17.3. The van der Waals surface area contributed by atoms with Gasteiger partial charge in [0.1, 0.15) is 17.4 Å². The summed E-state index contributed by atoms with van der Waals surface area (Å²) in [5.74, 6) is -0.626. The van der Waals surface area contributed by atoms with Gasteiger partial charge in [-0.1, -0.05) is 24.6 Å². The molecule has 0 aliphatic heterocycles. The van der Waals surface area contributed by atoms with Gasteiger partial charge in [-0.15, -0.1) is 0 Å². The number of pyridine rings is 1. The first kappa shape index (κ1) is 21.8. The standard InChI is InChI=1S/C24H25ClF2N2O2/c1-2-22(28)24(18-4-3-15(26)12-20(18)27)8-5-16(6-9-24)31-21-11-14-7-10-29-23(30)17(14)13-19(21)25/h3-4,7,10-13,16,22H,2,5-6,8-9,28H2,1H3,(H,29,30)/t16-,22-,24-/m0/s1. The summed E-state index contributed by atoms with van der Waals surface area (Å²) < 4.78 is 34.3. The van der Waals surface area contributed by atoms with E-state index in [-0.39, 0.29) is 17.7 Å². The van der Waals surface area contributed by atoms with Gasteiger partial charge in [0.15, 0.2) is 0 Å². The second-order valence-electron chi connectivity index (χ2n) is 8.29. The van der Waals surface area contributed by atoms with E-state index in [4.69, 9.17) is 22.1 Å². The normalized spacial score (nSPS) is 22.4. The van der Waals surface area contributed by atoms with Gasteiger partial charge >= 0.3 is 0 Å². The Hall–Kier alpha value is -2.44. The Morgan fingerprint density at radius 3 is 2.65 bits per heavy atom. The lowest BCUT2D eigenvalue weighted by molar-refractivity contribution is 0.102. The maximum Gasteiger partial charge on any atom is 0.255 e. The molecule has 1 heterocycles. The summed E-state index contributed by atoms with van der Waals surface area (Å²) in [6.07, 6.45) is 4.73. The molecule has 0 bridgehead atoms. The highest BCUT2D eigenvalue weighted by Gasteiger charge is 2.43. The Kier molecular flexibility index (Phi) is 6.04. The molecule has 0 amide bonds. The molecule has 7 heteroatoms. The molecule has 4 rings (SSSR count). The number of benzene rings is 2. The van der Waals surface area contributed by atoms with Crippen molar-refractivity contribution in [1.29, 1.82) is 0 Å². The van der Waals surface area contributed by atoms with Crippen molar-refractivity contribution in [2.45, 2.75) is 56.6 Å². The summed E-state index contributed by atoms with van der Waals surface area (Å²) in [6.45, 7) is 1.98. The minimum absolute atomic E-state index is 0.113. The van der Waals surface area contributed by atoms with Crippen LogP contribution >= 0.6 is 11.6 Å². The van der Waals surface area contributed by atoms with E-state index in [1.807, 2.05) is 6.92 Å². The van der Waals surface area contributed by atoms with Crippen molar-refractivity contribution >= 4 is 22.4 Å². The molecule has 3 aromatic rings. The van der Waals surface area contributed by atoms with Crippen LogP contribution in [0.15, 0.2) is 47.4 Å². The van der Waals surface area contributed by atoms with Gasteiger partial charge in [-0.25, -0.2) is 8.78 Å². The first-order valence-corrected chi connectivity index (χ1v) is 10.9. The number of rotatable bonds is 5. The third-order valence-electron chi connectivity index (χ3n) is 6.56. The van der Waals surface area contributed by atoms with Gasteiger partial charge in [0.2, 0.25) is 0 Å². The number of H-pyrrole nitrogens is 1. The second-order valence-corrected chi connectivity index (χ2v) is 8.70. The molecule has 0 saturated heterocycles. The Balaban J connectivity index is 1.57. The van der Waals surface area contributed by atoms with Gasteiger partial charge in [0.05, 0.1) is 11.1 Å². The first-order valence-electron chi connectivity index (χ1n) is 10.5. The number of fused-ring (bicyclic) bond motifs is 1. The van der Waals surface area contributed by atoms with Crippen molar-refractivity contribution < 1.29 is 13.5 Å². The molecule has 1 aliphatic rings. The van der Waals surface area contributed by atoms with E-state index in [0.29, 0.717) is 53.8 Å². The zero-order valence-corrected chi connectivity index (χ0v) is 18.0. The van der Waals surface area contributed by atoms with E-state index < -0.39 is 17.0 Å². The zero-order chi connectivity index (χ0) is 22.2. The lowest BCUT2D eigenvalue weighted by Crippen LogP contribution is -2.49.